The third-order valence-corrected chi connectivity index (χ3v) is 1.54. The van der Waals surface area contributed by atoms with Gasteiger partial charge in [0.25, 0.3) is 0 Å². The van der Waals surface area contributed by atoms with E-state index >= 15 is 0 Å². The van der Waals surface area contributed by atoms with Gasteiger partial charge < -0.3 is 4.74 Å². The summed E-state index contributed by atoms with van der Waals surface area (Å²) in [4.78, 5) is 10.3. The highest BCUT2D eigenvalue weighted by Gasteiger charge is 2.19. The van der Waals surface area contributed by atoms with Crippen LogP contribution < -0.4 is 0 Å². The van der Waals surface area contributed by atoms with Gasteiger partial charge in [0.2, 0.25) is 0 Å². The fourth-order valence-electron chi connectivity index (χ4n) is 0.985. The van der Waals surface area contributed by atoms with Crippen LogP contribution in [0.4, 0.5) is 0 Å². The lowest BCUT2D eigenvalue weighted by Gasteiger charge is -2.25. The molecule has 0 aromatic heterocycles. The lowest BCUT2D eigenvalue weighted by Crippen LogP contribution is -2.28. The third-order valence-electron chi connectivity index (χ3n) is 1.54. The molecule has 1 aliphatic rings. The van der Waals surface area contributed by atoms with E-state index in [4.69, 9.17) is 14.5 Å². The van der Waals surface area contributed by atoms with Crippen LogP contribution in [-0.2, 0) is 14.5 Å². The van der Waals surface area contributed by atoms with Crippen molar-refractivity contribution in [2.24, 2.45) is 0 Å². The van der Waals surface area contributed by atoms with Crippen molar-refractivity contribution in [3.8, 4) is 0 Å². The van der Waals surface area contributed by atoms with Gasteiger partial charge in [0.05, 0.1) is 5.60 Å². The highest BCUT2D eigenvalue weighted by molar-refractivity contribution is 4.56. The van der Waals surface area contributed by atoms with Gasteiger partial charge in [-0.05, 0) is 33.6 Å². The largest absolute Gasteiger partial charge is 0.350 e. The van der Waals surface area contributed by atoms with E-state index in [1.807, 2.05) is 20.8 Å². The maximum Gasteiger partial charge on any atom is 0.191 e. The second kappa shape index (κ2) is 4.21. The van der Waals surface area contributed by atoms with E-state index in [0.29, 0.717) is 0 Å². The molecule has 0 spiro atoms. The van der Waals surface area contributed by atoms with E-state index in [2.05, 4.69) is 0 Å². The minimum absolute atomic E-state index is 0.155. The van der Waals surface area contributed by atoms with Crippen LogP contribution in [0.3, 0.4) is 0 Å². The molecule has 0 amide bonds. The fraction of sp³-hybridized carbons (Fsp3) is 1.00. The zero-order valence-corrected chi connectivity index (χ0v) is 8.13. The molecular weight excluding hydrogens is 156 g/mol. The summed E-state index contributed by atoms with van der Waals surface area (Å²) >= 11 is 0. The SMILES string of the molecule is CC(C)(C)OOC1CCCCO1. The van der Waals surface area contributed by atoms with E-state index in [-0.39, 0.29) is 11.9 Å². The molecule has 1 unspecified atom stereocenters. The molecule has 0 N–H and O–H groups in total. The van der Waals surface area contributed by atoms with Gasteiger partial charge >= 0.3 is 0 Å². The molecule has 1 fully saturated rings. The predicted molar refractivity (Wildman–Crippen MR) is 45.5 cm³/mol. The van der Waals surface area contributed by atoms with Crippen molar-refractivity contribution >= 4 is 0 Å². The molecule has 0 aromatic rings. The molecule has 0 aromatic carbocycles. The Morgan fingerprint density at radius 3 is 2.50 bits per heavy atom. The van der Waals surface area contributed by atoms with Crippen LogP contribution in [0, 0.1) is 0 Å². The molecular formula is C9H18O3. The molecule has 0 saturated carbocycles. The molecule has 0 bridgehead atoms. The number of rotatable bonds is 2. The number of hydrogen-bond donors (Lipinski definition) is 0. The Labute approximate surface area is 73.9 Å². The van der Waals surface area contributed by atoms with Gasteiger partial charge in [-0.25, -0.2) is 9.78 Å². The monoisotopic (exact) mass is 174 g/mol. The van der Waals surface area contributed by atoms with Crippen LogP contribution in [0.25, 0.3) is 0 Å². The standard InChI is InChI=1S/C9H18O3/c1-9(2,3)12-11-8-6-4-5-7-10-8/h8H,4-7H2,1-3H3. The van der Waals surface area contributed by atoms with Crippen LogP contribution in [0.2, 0.25) is 0 Å². The summed E-state index contributed by atoms with van der Waals surface area (Å²) in [5.41, 5.74) is -0.249. The van der Waals surface area contributed by atoms with Gasteiger partial charge in [-0.15, -0.1) is 0 Å². The second-order valence-corrected chi connectivity index (χ2v) is 4.09. The molecule has 1 saturated heterocycles. The summed E-state index contributed by atoms with van der Waals surface area (Å²) in [6.07, 6.45) is 3.09. The molecule has 3 nitrogen and oxygen atoms in total. The fourth-order valence-corrected chi connectivity index (χ4v) is 0.985. The first-order valence-electron chi connectivity index (χ1n) is 4.54. The van der Waals surface area contributed by atoms with Crippen molar-refractivity contribution in [1.82, 2.24) is 0 Å². The summed E-state index contributed by atoms with van der Waals surface area (Å²) < 4.78 is 5.33. The molecule has 0 aliphatic carbocycles. The average molecular weight is 174 g/mol. The van der Waals surface area contributed by atoms with Gasteiger partial charge in [0.1, 0.15) is 0 Å². The van der Waals surface area contributed by atoms with Gasteiger partial charge in [0.15, 0.2) is 6.29 Å². The van der Waals surface area contributed by atoms with Crippen molar-refractivity contribution in [2.45, 2.75) is 51.9 Å². The Bertz CT molecular complexity index is 122. The van der Waals surface area contributed by atoms with Crippen molar-refractivity contribution in [3.63, 3.8) is 0 Å². The summed E-state index contributed by atoms with van der Waals surface area (Å²) in [5.74, 6) is 0. The van der Waals surface area contributed by atoms with E-state index < -0.39 is 0 Å². The quantitative estimate of drug-likeness (QED) is 0.474. The smallest absolute Gasteiger partial charge is 0.191 e. The molecule has 3 heteroatoms. The minimum Gasteiger partial charge on any atom is -0.350 e. The Morgan fingerprint density at radius 1 is 1.25 bits per heavy atom. The zero-order valence-electron chi connectivity index (χ0n) is 8.13. The molecule has 1 heterocycles. The Kier molecular flexibility index (Phi) is 3.50. The topological polar surface area (TPSA) is 27.7 Å². The second-order valence-electron chi connectivity index (χ2n) is 4.09. The molecule has 72 valence electrons. The van der Waals surface area contributed by atoms with E-state index in [1.54, 1.807) is 0 Å². The van der Waals surface area contributed by atoms with Crippen LogP contribution >= 0.6 is 0 Å². The molecule has 1 aliphatic heterocycles. The zero-order chi connectivity index (χ0) is 9.03. The Hall–Kier alpha value is -0.120. The number of ether oxygens (including phenoxy) is 1. The van der Waals surface area contributed by atoms with Gasteiger partial charge in [-0.3, -0.25) is 0 Å². The maximum absolute atomic E-state index is 5.33. The molecule has 1 rings (SSSR count). The first-order valence-corrected chi connectivity index (χ1v) is 4.54. The van der Waals surface area contributed by atoms with Crippen molar-refractivity contribution in [1.29, 1.82) is 0 Å². The third kappa shape index (κ3) is 4.04. The van der Waals surface area contributed by atoms with Crippen LogP contribution in [0.1, 0.15) is 40.0 Å². The molecule has 0 radical (unpaired) electrons. The maximum atomic E-state index is 5.33. The predicted octanol–water partition coefficient (Wildman–Crippen LogP) is 2.26. The molecule has 1 atom stereocenters. The van der Waals surface area contributed by atoms with Gasteiger partial charge in [-0.1, -0.05) is 0 Å². The van der Waals surface area contributed by atoms with Crippen molar-refractivity contribution in [3.05, 3.63) is 0 Å². The van der Waals surface area contributed by atoms with Crippen LogP contribution in [-0.4, -0.2) is 18.5 Å². The summed E-state index contributed by atoms with van der Waals surface area (Å²) in [6.45, 7) is 6.65. The normalized spacial score (nSPS) is 25.8. The highest BCUT2D eigenvalue weighted by Crippen LogP contribution is 2.17. The summed E-state index contributed by atoms with van der Waals surface area (Å²) in [5, 5.41) is 0. The van der Waals surface area contributed by atoms with Crippen LogP contribution in [0.15, 0.2) is 0 Å². The van der Waals surface area contributed by atoms with Crippen molar-refractivity contribution < 1.29 is 14.5 Å². The molecule has 12 heavy (non-hydrogen) atoms. The first kappa shape index (κ1) is 9.96. The van der Waals surface area contributed by atoms with E-state index in [0.717, 1.165) is 25.9 Å². The van der Waals surface area contributed by atoms with Gasteiger partial charge in [-0.2, -0.15) is 0 Å². The van der Waals surface area contributed by atoms with E-state index in [9.17, 15) is 0 Å². The highest BCUT2D eigenvalue weighted by atomic mass is 17.2. The average Bonchev–Trinajstić information content (AvgIpc) is 2.02. The first-order chi connectivity index (χ1) is 5.58. The lowest BCUT2D eigenvalue weighted by atomic mass is 10.2. The van der Waals surface area contributed by atoms with Crippen LogP contribution in [0.5, 0.6) is 0 Å². The Balaban J connectivity index is 2.13. The van der Waals surface area contributed by atoms with E-state index in [1.165, 1.54) is 0 Å². The summed E-state index contributed by atoms with van der Waals surface area (Å²) in [7, 11) is 0. The Morgan fingerprint density at radius 2 is 2.00 bits per heavy atom. The lowest BCUT2D eigenvalue weighted by molar-refractivity contribution is -0.420. The van der Waals surface area contributed by atoms with Crippen molar-refractivity contribution in [2.75, 3.05) is 6.61 Å². The summed E-state index contributed by atoms with van der Waals surface area (Å²) in [6, 6.07) is 0. The number of hydrogen-bond acceptors (Lipinski definition) is 3. The minimum atomic E-state index is -0.249. The van der Waals surface area contributed by atoms with Gasteiger partial charge in [0, 0.05) is 13.0 Å².